The fraction of sp³-hybridized carbons (Fsp3) is 0.238. The molecule has 0 N–H and O–H groups in total. The Bertz CT molecular complexity index is 2320. The van der Waals surface area contributed by atoms with Gasteiger partial charge in [0.15, 0.2) is 0 Å². The summed E-state index contributed by atoms with van der Waals surface area (Å²) in [6.45, 7) is 15.1. The van der Waals surface area contributed by atoms with E-state index in [1.165, 1.54) is 16.8 Å². The normalized spacial score (nSPS) is 12.8. The Kier molecular flexibility index (Phi) is 9.09. The van der Waals surface area contributed by atoms with E-state index in [4.69, 9.17) is 12.5 Å². The molecular weight excluding hydrogens is 800 g/mol. The predicted octanol–water partition coefficient (Wildman–Crippen LogP) is 11.1. The molecular formula is C42H42N4OPtSi. The van der Waals surface area contributed by atoms with Crippen LogP contribution in [0.25, 0.3) is 44.7 Å². The third-order valence-electron chi connectivity index (χ3n) is 8.50. The SMILES string of the molecule is [2H]C([2H])(c1ccc2c(c1)c1ccc(Oc3[c-]c(-c4nccn4-c4c(C(C)C)cccc4C(C)C)ccc3)[c-]c1n2-c1ccccn1)[Si](C)(C)C.[Pt+2]. The van der Waals surface area contributed by atoms with Crippen molar-refractivity contribution in [2.45, 2.75) is 65.2 Å². The van der Waals surface area contributed by atoms with Crippen molar-refractivity contribution in [2.24, 2.45) is 0 Å². The van der Waals surface area contributed by atoms with E-state index in [1.807, 2.05) is 79.1 Å². The van der Waals surface area contributed by atoms with Gasteiger partial charge in [-0.2, -0.15) is 6.07 Å². The number of imidazole rings is 1. The first kappa shape index (κ1) is 32.0. The van der Waals surface area contributed by atoms with Crippen LogP contribution in [0.15, 0.2) is 104 Å². The van der Waals surface area contributed by atoms with Crippen molar-refractivity contribution in [3.05, 3.63) is 132 Å². The summed E-state index contributed by atoms with van der Waals surface area (Å²) in [6.07, 6.45) is 5.65. The molecule has 0 bridgehead atoms. The van der Waals surface area contributed by atoms with Crippen molar-refractivity contribution >= 4 is 29.9 Å². The molecule has 7 rings (SSSR count). The minimum atomic E-state index is -2.18. The van der Waals surface area contributed by atoms with Gasteiger partial charge in [-0.3, -0.25) is 4.98 Å². The summed E-state index contributed by atoms with van der Waals surface area (Å²) >= 11 is 0. The van der Waals surface area contributed by atoms with Gasteiger partial charge in [0.1, 0.15) is 5.82 Å². The largest absolute Gasteiger partial charge is 2.00 e. The second kappa shape index (κ2) is 13.9. The fourth-order valence-electron chi connectivity index (χ4n) is 6.45. The number of para-hydroxylation sites is 1. The molecule has 7 heteroatoms. The van der Waals surface area contributed by atoms with E-state index in [0.717, 1.165) is 39.0 Å². The van der Waals surface area contributed by atoms with Crippen molar-refractivity contribution in [1.29, 1.82) is 0 Å². The monoisotopic (exact) mass is 843 g/mol. The Labute approximate surface area is 308 Å². The van der Waals surface area contributed by atoms with Crippen LogP contribution in [-0.2, 0) is 27.1 Å². The Morgan fingerprint density at radius 1 is 0.776 bits per heavy atom. The fourth-order valence-corrected chi connectivity index (χ4v) is 7.47. The Balaban J connectivity index is 0.00000448. The van der Waals surface area contributed by atoms with Crippen LogP contribution in [0, 0.1) is 12.1 Å². The number of rotatable bonds is 9. The predicted molar refractivity (Wildman–Crippen MR) is 201 cm³/mol. The number of hydrogen-bond donors (Lipinski definition) is 0. The first-order valence-electron chi connectivity index (χ1n) is 17.6. The third kappa shape index (κ3) is 6.95. The number of aromatic nitrogens is 4. The topological polar surface area (TPSA) is 44.9 Å². The molecule has 250 valence electrons. The van der Waals surface area contributed by atoms with Crippen LogP contribution in [-0.4, -0.2) is 27.2 Å². The molecule has 0 fully saturated rings. The molecule has 0 aliphatic rings. The van der Waals surface area contributed by atoms with Crippen molar-refractivity contribution in [3.8, 4) is 34.4 Å². The average Bonchev–Trinajstić information content (AvgIpc) is 3.70. The van der Waals surface area contributed by atoms with E-state index >= 15 is 0 Å². The molecule has 0 radical (unpaired) electrons. The molecule has 3 aromatic heterocycles. The van der Waals surface area contributed by atoms with Gasteiger partial charge in [0.05, 0.1) is 5.82 Å². The van der Waals surface area contributed by atoms with Crippen LogP contribution in [0.5, 0.6) is 11.5 Å². The number of fused-ring (bicyclic) bond motifs is 3. The number of pyridine rings is 1. The molecule has 5 nitrogen and oxygen atoms in total. The summed E-state index contributed by atoms with van der Waals surface area (Å²) in [5.41, 5.74) is 6.99. The molecule has 0 saturated carbocycles. The molecule has 4 aromatic carbocycles. The zero-order valence-corrected chi connectivity index (χ0v) is 32.3. The number of hydrogen-bond acceptors (Lipinski definition) is 3. The standard InChI is InChI=1S/C42H42N4OSi.Pt/c1-28(2)34-14-11-15-35(29(3)4)41(34)45-23-22-44-42(45)31-12-10-13-32(25-31)47-33-18-19-36-37-24-30(27-48(5,6)7)17-20-38(37)46(39(36)26-33)40-16-8-9-21-43-40;/h8-24,28-29H,27H2,1-7H3;/q-2;+2/i27D2;. The molecule has 3 heterocycles. The maximum Gasteiger partial charge on any atom is 2.00 e. The van der Waals surface area contributed by atoms with Crippen molar-refractivity contribution in [1.82, 2.24) is 19.1 Å². The van der Waals surface area contributed by atoms with E-state index in [9.17, 15) is 0 Å². The minimum Gasteiger partial charge on any atom is -0.503 e. The van der Waals surface area contributed by atoms with Crippen LogP contribution in [0.2, 0.25) is 19.6 Å². The molecule has 0 amide bonds. The van der Waals surface area contributed by atoms with E-state index in [1.54, 1.807) is 6.20 Å². The quantitative estimate of drug-likeness (QED) is 0.107. The zero-order chi connectivity index (χ0) is 35.4. The summed E-state index contributed by atoms with van der Waals surface area (Å²) in [5.74, 6) is 1.95. The first-order chi connectivity index (χ1) is 23.8. The first-order valence-corrected chi connectivity index (χ1v) is 20.1. The number of benzene rings is 4. The van der Waals surface area contributed by atoms with Crippen molar-refractivity contribution in [3.63, 3.8) is 0 Å². The minimum absolute atomic E-state index is 0. The molecule has 0 atom stereocenters. The molecule has 0 spiro atoms. The van der Waals surface area contributed by atoms with Crippen LogP contribution < -0.4 is 4.74 Å². The third-order valence-corrected chi connectivity index (χ3v) is 9.54. The average molecular weight is 844 g/mol. The van der Waals surface area contributed by atoms with Gasteiger partial charge >= 0.3 is 21.1 Å². The summed E-state index contributed by atoms with van der Waals surface area (Å²) in [6, 6.07) is 35.2. The van der Waals surface area contributed by atoms with E-state index in [0.29, 0.717) is 28.9 Å². The molecule has 0 aliphatic heterocycles. The molecule has 0 saturated heterocycles. The van der Waals surface area contributed by atoms with E-state index < -0.39 is 14.1 Å². The number of ether oxygens (including phenoxy) is 1. The summed E-state index contributed by atoms with van der Waals surface area (Å²) in [7, 11) is -2.18. The van der Waals surface area contributed by atoms with Gasteiger partial charge in [0, 0.05) is 52.1 Å². The maximum absolute atomic E-state index is 8.99. The van der Waals surface area contributed by atoms with Gasteiger partial charge in [-0.1, -0.05) is 101 Å². The molecule has 0 unspecified atom stereocenters. The summed E-state index contributed by atoms with van der Waals surface area (Å²) in [5, 5.41) is 1.91. The second-order valence-corrected chi connectivity index (χ2v) is 18.7. The van der Waals surface area contributed by atoms with Crippen LogP contribution >= 0.6 is 0 Å². The summed E-state index contributed by atoms with van der Waals surface area (Å²) < 4.78 is 28.7. The molecule has 49 heavy (non-hydrogen) atoms. The zero-order valence-electron chi connectivity index (χ0n) is 31.0. The Morgan fingerprint density at radius 3 is 2.20 bits per heavy atom. The number of nitrogens with zero attached hydrogens (tertiary/aromatic N) is 4. The van der Waals surface area contributed by atoms with Gasteiger partial charge in [-0.25, -0.2) is 4.98 Å². The smallest absolute Gasteiger partial charge is 0.503 e. The van der Waals surface area contributed by atoms with Gasteiger partial charge in [0.25, 0.3) is 0 Å². The van der Waals surface area contributed by atoms with Gasteiger partial charge in [0.2, 0.25) is 0 Å². The van der Waals surface area contributed by atoms with Crippen LogP contribution in [0.4, 0.5) is 0 Å². The second-order valence-electron chi connectivity index (χ2n) is 14.0. The molecule has 7 aromatic rings. The van der Waals surface area contributed by atoms with Crippen molar-refractivity contribution < 1.29 is 28.5 Å². The van der Waals surface area contributed by atoms with E-state index in [-0.39, 0.29) is 21.1 Å². The molecule has 0 aliphatic carbocycles. The van der Waals surface area contributed by atoms with E-state index in [2.05, 4.69) is 91.8 Å². The maximum atomic E-state index is 8.99. The van der Waals surface area contributed by atoms with Crippen molar-refractivity contribution in [2.75, 3.05) is 0 Å². The van der Waals surface area contributed by atoms with Crippen LogP contribution in [0.1, 0.15) is 59.0 Å². The van der Waals surface area contributed by atoms with Gasteiger partial charge in [-0.15, -0.1) is 41.3 Å². The Morgan fingerprint density at radius 2 is 1.51 bits per heavy atom. The van der Waals surface area contributed by atoms with Gasteiger partial charge < -0.3 is 13.9 Å². The van der Waals surface area contributed by atoms with Gasteiger partial charge in [-0.05, 0) is 52.5 Å². The van der Waals surface area contributed by atoms with Crippen LogP contribution in [0.3, 0.4) is 0 Å². The summed E-state index contributed by atoms with van der Waals surface area (Å²) in [4.78, 5) is 9.47. The Hall–Kier alpha value is -4.25.